The van der Waals surface area contributed by atoms with E-state index < -0.39 is 0 Å². The average Bonchev–Trinajstić information content (AvgIpc) is 3.04. The standard InChI is InChI=1S/C15H18ClNOS/c1-2-15(18)17-8-12(10-5-3-4-6-10)11-7-14(16)19-13(11)9-17/h2,7,10,12H,1,3-6,8-9H2/t12-/m0/s1. The molecule has 0 aromatic carbocycles. The first-order valence-corrected chi connectivity index (χ1v) is 8.08. The van der Waals surface area contributed by atoms with Crippen LogP contribution in [-0.4, -0.2) is 17.4 Å². The molecule has 0 spiro atoms. The van der Waals surface area contributed by atoms with Crippen molar-refractivity contribution < 1.29 is 4.79 Å². The Balaban J connectivity index is 1.92. The molecule has 1 amide bonds. The van der Waals surface area contributed by atoms with Crippen molar-refractivity contribution in [3.8, 4) is 0 Å². The van der Waals surface area contributed by atoms with Crippen LogP contribution in [0.3, 0.4) is 0 Å². The van der Waals surface area contributed by atoms with Gasteiger partial charge in [-0.3, -0.25) is 4.79 Å². The maximum Gasteiger partial charge on any atom is 0.246 e. The van der Waals surface area contributed by atoms with Crippen LogP contribution in [0.1, 0.15) is 42.0 Å². The summed E-state index contributed by atoms with van der Waals surface area (Å²) in [5.74, 6) is 1.22. The largest absolute Gasteiger partial charge is 0.333 e. The quantitative estimate of drug-likeness (QED) is 0.749. The molecule has 1 aromatic heterocycles. The van der Waals surface area contributed by atoms with Gasteiger partial charge in [-0.1, -0.05) is 31.0 Å². The smallest absolute Gasteiger partial charge is 0.246 e. The monoisotopic (exact) mass is 295 g/mol. The normalized spacial score (nSPS) is 23.4. The predicted octanol–water partition coefficient (Wildman–Crippen LogP) is 4.20. The van der Waals surface area contributed by atoms with Crippen LogP contribution in [0.4, 0.5) is 0 Å². The van der Waals surface area contributed by atoms with Crippen molar-refractivity contribution in [2.24, 2.45) is 5.92 Å². The van der Waals surface area contributed by atoms with E-state index in [1.54, 1.807) is 11.3 Å². The Bertz CT molecular complexity index is 504. The van der Waals surface area contributed by atoms with Gasteiger partial charge in [0.1, 0.15) is 0 Å². The molecule has 1 aromatic rings. The third kappa shape index (κ3) is 2.46. The van der Waals surface area contributed by atoms with Crippen molar-refractivity contribution in [3.63, 3.8) is 0 Å². The molecule has 19 heavy (non-hydrogen) atoms. The van der Waals surface area contributed by atoms with E-state index in [1.807, 2.05) is 4.90 Å². The molecular weight excluding hydrogens is 278 g/mol. The van der Waals surface area contributed by atoms with E-state index in [0.29, 0.717) is 18.4 Å². The Morgan fingerprint density at radius 3 is 2.89 bits per heavy atom. The predicted molar refractivity (Wildman–Crippen MR) is 79.6 cm³/mol. The first kappa shape index (κ1) is 13.2. The maximum atomic E-state index is 11.9. The summed E-state index contributed by atoms with van der Waals surface area (Å²) in [5.41, 5.74) is 1.40. The van der Waals surface area contributed by atoms with E-state index in [-0.39, 0.29) is 5.91 Å². The molecule has 4 heteroatoms. The second kappa shape index (κ2) is 5.29. The number of rotatable bonds is 2. The highest BCUT2D eigenvalue weighted by Gasteiger charge is 2.35. The van der Waals surface area contributed by atoms with Gasteiger partial charge in [-0.05, 0) is 36.5 Å². The molecule has 0 bridgehead atoms. The molecular formula is C15H18ClNOS. The van der Waals surface area contributed by atoms with Crippen LogP contribution in [0.15, 0.2) is 18.7 Å². The Morgan fingerprint density at radius 2 is 2.21 bits per heavy atom. The first-order valence-electron chi connectivity index (χ1n) is 6.88. The van der Waals surface area contributed by atoms with Crippen molar-refractivity contribution in [2.75, 3.05) is 6.54 Å². The molecule has 3 rings (SSSR count). The van der Waals surface area contributed by atoms with Gasteiger partial charge in [-0.25, -0.2) is 0 Å². The fourth-order valence-corrected chi connectivity index (χ4v) is 4.85. The highest BCUT2D eigenvalue weighted by atomic mass is 35.5. The van der Waals surface area contributed by atoms with Crippen LogP contribution >= 0.6 is 22.9 Å². The van der Waals surface area contributed by atoms with Gasteiger partial charge in [0.05, 0.1) is 10.9 Å². The van der Waals surface area contributed by atoms with Gasteiger partial charge in [0.25, 0.3) is 0 Å². The van der Waals surface area contributed by atoms with Gasteiger partial charge in [-0.15, -0.1) is 11.3 Å². The third-order valence-corrected chi connectivity index (χ3v) is 5.68. The summed E-state index contributed by atoms with van der Waals surface area (Å²) in [6, 6.07) is 2.13. The lowest BCUT2D eigenvalue weighted by atomic mass is 9.82. The van der Waals surface area contributed by atoms with E-state index >= 15 is 0 Å². The first-order chi connectivity index (χ1) is 9.19. The number of amides is 1. The Kier molecular flexibility index (Phi) is 3.68. The van der Waals surface area contributed by atoms with Crippen LogP contribution in [0.2, 0.25) is 4.34 Å². The van der Waals surface area contributed by atoms with Crippen molar-refractivity contribution in [1.82, 2.24) is 4.90 Å². The Morgan fingerprint density at radius 1 is 1.47 bits per heavy atom. The topological polar surface area (TPSA) is 20.3 Å². The molecule has 0 unspecified atom stereocenters. The minimum absolute atomic E-state index is 0.0400. The van der Waals surface area contributed by atoms with Gasteiger partial charge in [0, 0.05) is 17.3 Å². The number of fused-ring (bicyclic) bond motifs is 1. The molecule has 2 nitrogen and oxygen atoms in total. The zero-order valence-electron chi connectivity index (χ0n) is 10.9. The number of halogens is 1. The summed E-state index contributed by atoms with van der Waals surface area (Å²) in [5, 5.41) is 0. The van der Waals surface area contributed by atoms with Crippen LogP contribution < -0.4 is 0 Å². The minimum atomic E-state index is 0.0400. The van der Waals surface area contributed by atoms with Crippen LogP contribution in [-0.2, 0) is 11.3 Å². The molecule has 2 aliphatic rings. The highest BCUT2D eigenvalue weighted by molar-refractivity contribution is 7.16. The molecule has 0 N–H and O–H groups in total. The Labute approximate surface area is 123 Å². The van der Waals surface area contributed by atoms with Crippen molar-refractivity contribution in [1.29, 1.82) is 0 Å². The molecule has 1 fully saturated rings. The van der Waals surface area contributed by atoms with Crippen molar-refractivity contribution in [2.45, 2.75) is 38.1 Å². The molecule has 1 atom stereocenters. The number of hydrogen-bond donors (Lipinski definition) is 0. The zero-order chi connectivity index (χ0) is 13.4. The van der Waals surface area contributed by atoms with E-state index in [9.17, 15) is 4.79 Å². The summed E-state index contributed by atoms with van der Waals surface area (Å²) in [6.45, 7) is 5.13. The van der Waals surface area contributed by atoms with Crippen LogP contribution in [0.5, 0.6) is 0 Å². The van der Waals surface area contributed by atoms with E-state index in [0.717, 1.165) is 10.9 Å². The van der Waals surface area contributed by atoms with Gasteiger partial charge < -0.3 is 4.90 Å². The molecule has 1 aliphatic heterocycles. The lowest BCUT2D eigenvalue weighted by Gasteiger charge is -2.35. The SMILES string of the molecule is C=CC(=O)N1Cc2sc(Cl)cc2[C@H](C2CCCC2)C1. The van der Waals surface area contributed by atoms with Gasteiger partial charge in [-0.2, -0.15) is 0 Å². The van der Waals surface area contributed by atoms with E-state index in [1.165, 1.54) is 42.2 Å². The summed E-state index contributed by atoms with van der Waals surface area (Å²) < 4.78 is 0.848. The molecule has 0 saturated heterocycles. The minimum Gasteiger partial charge on any atom is -0.333 e. The van der Waals surface area contributed by atoms with Crippen LogP contribution in [0, 0.1) is 5.92 Å². The molecule has 1 saturated carbocycles. The summed E-state index contributed by atoms with van der Waals surface area (Å²) in [6.07, 6.45) is 6.64. The fourth-order valence-electron chi connectivity index (χ4n) is 3.48. The van der Waals surface area contributed by atoms with Crippen LogP contribution in [0.25, 0.3) is 0 Å². The average molecular weight is 296 g/mol. The highest BCUT2D eigenvalue weighted by Crippen LogP contribution is 2.45. The lowest BCUT2D eigenvalue weighted by molar-refractivity contribution is -0.127. The molecule has 2 heterocycles. The molecule has 1 aliphatic carbocycles. The summed E-state index contributed by atoms with van der Waals surface area (Å²) in [7, 11) is 0. The van der Waals surface area contributed by atoms with Gasteiger partial charge >= 0.3 is 0 Å². The molecule has 0 radical (unpaired) electrons. The summed E-state index contributed by atoms with van der Waals surface area (Å²) in [4.78, 5) is 15.1. The second-order valence-corrected chi connectivity index (χ2v) is 7.27. The maximum absolute atomic E-state index is 11.9. The second-order valence-electron chi connectivity index (χ2n) is 5.50. The van der Waals surface area contributed by atoms with Gasteiger partial charge in [0.2, 0.25) is 5.91 Å². The van der Waals surface area contributed by atoms with E-state index in [2.05, 4.69) is 12.6 Å². The Hall–Kier alpha value is -0.800. The number of hydrogen-bond acceptors (Lipinski definition) is 2. The number of nitrogens with zero attached hydrogens (tertiary/aromatic N) is 1. The fraction of sp³-hybridized carbons (Fsp3) is 0.533. The number of thiophene rings is 1. The summed E-state index contributed by atoms with van der Waals surface area (Å²) >= 11 is 7.80. The van der Waals surface area contributed by atoms with E-state index in [4.69, 9.17) is 11.6 Å². The van der Waals surface area contributed by atoms with Crippen molar-refractivity contribution >= 4 is 28.8 Å². The third-order valence-electron chi connectivity index (χ3n) is 4.42. The zero-order valence-corrected chi connectivity index (χ0v) is 12.5. The molecule has 102 valence electrons. The van der Waals surface area contributed by atoms with Crippen molar-refractivity contribution in [3.05, 3.63) is 33.5 Å². The number of carbonyl (C=O) groups excluding carboxylic acids is 1. The van der Waals surface area contributed by atoms with Gasteiger partial charge in [0.15, 0.2) is 0 Å². The number of carbonyl (C=O) groups is 1. The lowest BCUT2D eigenvalue weighted by Crippen LogP contribution is -2.38.